The van der Waals surface area contributed by atoms with Crippen LogP contribution in [0.3, 0.4) is 0 Å². The van der Waals surface area contributed by atoms with Crippen LogP contribution in [0.2, 0.25) is 0 Å². The summed E-state index contributed by atoms with van der Waals surface area (Å²) in [7, 11) is 3.43. The van der Waals surface area contributed by atoms with E-state index in [0.29, 0.717) is 0 Å². The van der Waals surface area contributed by atoms with E-state index in [0.717, 1.165) is 13.0 Å². The molecule has 0 saturated carbocycles. The molecule has 1 aliphatic rings. The third kappa shape index (κ3) is 1.68. The van der Waals surface area contributed by atoms with Crippen LogP contribution in [0.4, 0.5) is 0 Å². The minimum atomic E-state index is 0.0961. The highest BCUT2D eigenvalue weighted by Gasteiger charge is 2.23. The summed E-state index contributed by atoms with van der Waals surface area (Å²) in [6.45, 7) is 1.04. The second-order valence-corrected chi connectivity index (χ2v) is 2.53. The molecule has 0 spiro atoms. The van der Waals surface area contributed by atoms with Gasteiger partial charge in [-0.15, -0.1) is 0 Å². The number of hydrogen-bond acceptors (Lipinski definition) is 3. The summed E-state index contributed by atoms with van der Waals surface area (Å²) in [5, 5.41) is 3.22. The van der Waals surface area contributed by atoms with Gasteiger partial charge in [-0.25, -0.2) is 0 Å². The smallest absolute Gasteiger partial charge is 0.134 e. The van der Waals surface area contributed by atoms with E-state index in [1.54, 1.807) is 14.2 Å². The van der Waals surface area contributed by atoms with Crippen molar-refractivity contribution in [3.63, 3.8) is 0 Å². The Hall–Kier alpha value is -0.120. The molecule has 0 radical (unpaired) electrons. The van der Waals surface area contributed by atoms with Crippen molar-refractivity contribution in [2.45, 2.75) is 25.2 Å². The lowest BCUT2D eigenvalue weighted by atomic mass is 10.1. The highest BCUT2D eigenvalue weighted by Crippen LogP contribution is 2.11. The van der Waals surface area contributed by atoms with Crippen LogP contribution in [-0.4, -0.2) is 33.1 Å². The topological polar surface area (TPSA) is 30.5 Å². The van der Waals surface area contributed by atoms with Crippen molar-refractivity contribution >= 4 is 0 Å². The normalized spacial score (nSPS) is 34.2. The largest absolute Gasteiger partial charge is 0.377 e. The van der Waals surface area contributed by atoms with Crippen LogP contribution in [0.1, 0.15) is 12.8 Å². The monoisotopic (exact) mass is 145 g/mol. The maximum absolute atomic E-state index is 5.21. The summed E-state index contributed by atoms with van der Waals surface area (Å²) in [6, 6.07) is 0. The number of hydrogen-bond donors (Lipinski definition) is 1. The zero-order valence-electron chi connectivity index (χ0n) is 6.59. The third-order valence-corrected chi connectivity index (χ3v) is 1.91. The second-order valence-electron chi connectivity index (χ2n) is 2.53. The molecule has 3 heteroatoms. The van der Waals surface area contributed by atoms with Crippen molar-refractivity contribution in [2.24, 2.45) is 0 Å². The average molecular weight is 145 g/mol. The molecule has 10 heavy (non-hydrogen) atoms. The van der Waals surface area contributed by atoms with Gasteiger partial charge in [0, 0.05) is 14.2 Å². The van der Waals surface area contributed by atoms with E-state index in [4.69, 9.17) is 9.47 Å². The standard InChI is InChI=1S/C7H15NO2/c1-9-6-4-3-5-8-7(6)10-2/h6-8H,3-5H2,1-2H3. The molecule has 0 amide bonds. The van der Waals surface area contributed by atoms with Gasteiger partial charge in [0.25, 0.3) is 0 Å². The summed E-state index contributed by atoms with van der Waals surface area (Å²) in [4.78, 5) is 0. The van der Waals surface area contributed by atoms with E-state index >= 15 is 0 Å². The van der Waals surface area contributed by atoms with Crippen LogP contribution >= 0.6 is 0 Å². The van der Waals surface area contributed by atoms with Crippen LogP contribution in [-0.2, 0) is 9.47 Å². The fourth-order valence-corrected chi connectivity index (χ4v) is 1.31. The second kappa shape index (κ2) is 3.91. The molecular formula is C7H15NO2. The Balaban J connectivity index is 2.34. The van der Waals surface area contributed by atoms with Crippen LogP contribution in [0.5, 0.6) is 0 Å². The minimum Gasteiger partial charge on any atom is -0.377 e. The van der Waals surface area contributed by atoms with Crippen LogP contribution < -0.4 is 5.32 Å². The molecule has 3 nitrogen and oxygen atoms in total. The number of nitrogens with one attached hydrogen (secondary N) is 1. The Kier molecular flexibility index (Phi) is 3.12. The van der Waals surface area contributed by atoms with Crippen molar-refractivity contribution in [1.29, 1.82) is 0 Å². The maximum atomic E-state index is 5.21. The Morgan fingerprint density at radius 2 is 2.10 bits per heavy atom. The lowest BCUT2D eigenvalue weighted by Crippen LogP contribution is -2.46. The van der Waals surface area contributed by atoms with Gasteiger partial charge in [0.1, 0.15) is 6.23 Å². The van der Waals surface area contributed by atoms with Gasteiger partial charge in [0.15, 0.2) is 0 Å². The molecule has 1 rings (SSSR count). The first kappa shape index (κ1) is 7.98. The van der Waals surface area contributed by atoms with Crippen molar-refractivity contribution in [1.82, 2.24) is 5.32 Å². The average Bonchev–Trinajstić information content (AvgIpc) is 2.04. The maximum Gasteiger partial charge on any atom is 0.134 e. The SMILES string of the molecule is COC1CCCNC1OC. The first-order valence-electron chi connectivity index (χ1n) is 3.67. The lowest BCUT2D eigenvalue weighted by molar-refractivity contribution is -0.0696. The van der Waals surface area contributed by atoms with Gasteiger partial charge in [-0.05, 0) is 19.4 Å². The Morgan fingerprint density at radius 1 is 1.30 bits per heavy atom. The molecule has 1 heterocycles. The molecule has 0 aromatic heterocycles. The highest BCUT2D eigenvalue weighted by molar-refractivity contribution is 4.73. The zero-order valence-corrected chi connectivity index (χ0v) is 6.59. The van der Waals surface area contributed by atoms with Crippen molar-refractivity contribution < 1.29 is 9.47 Å². The lowest BCUT2D eigenvalue weighted by Gasteiger charge is -2.29. The first-order chi connectivity index (χ1) is 4.88. The van der Waals surface area contributed by atoms with Crippen molar-refractivity contribution in [3.8, 4) is 0 Å². The number of methoxy groups -OCH3 is 2. The summed E-state index contributed by atoms with van der Waals surface area (Å²) in [6.07, 6.45) is 2.61. The number of piperidine rings is 1. The van der Waals surface area contributed by atoms with Gasteiger partial charge in [-0.2, -0.15) is 0 Å². The van der Waals surface area contributed by atoms with E-state index in [1.165, 1.54) is 6.42 Å². The Labute approximate surface area is 61.7 Å². The van der Waals surface area contributed by atoms with E-state index in [-0.39, 0.29) is 12.3 Å². The van der Waals surface area contributed by atoms with Crippen molar-refractivity contribution in [3.05, 3.63) is 0 Å². The fourth-order valence-electron chi connectivity index (χ4n) is 1.31. The molecule has 1 aliphatic heterocycles. The first-order valence-corrected chi connectivity index (χ1v) is 3.67. The number of rotatable bonds is 2. The zero-order chi connectivity index (χ0) is 7.40. The number of ether oxygens (including phenoxy) is 2. The molecule has 60 valence electrons. The molecule has 0 aromatic rings. The fraction of sp³-hybridized carbons (Fsp3) is 1.00. The van der Waals surface area contributed by atoms with Crippen LogP contribution in [0.25, 0.3) is 0 Å². The Morgan fingerprint density at radius 3 is 2.60 bits per heavy atom. The Bertz CT molecular complexity index is 85.6. The van der Waals surface area contributed by atoms with E-state index in [2.05, 4.69) is 5.32 Å². The van der Waals surface area contributed by atoms with Gasteiger partial charge in [0.2, 0.25) is 0 Å². The summed E-state index contributed by atoms with van der Waals surface area (Å²) in [5.41, 5.74) is 0. The van der Waals surface area contributed by atoms with E-state index < -0.39 is 0 Å². The minimum absolute atomic E-state index is 0.0961. The van der Waals surface area contributed by atoms with Crippen molar-refractivity contribution in [2.75, 3.05) is 20.8 Å². The van der Waals surface area contributed by atoms with E-state index in [1.807, 2.05) is 0 Å². The molecule has 0 aliphatic carbocycles. The van der Waals surface area contributed by atoms with Gasteiger partial charge in [-0.3, -0.25) is 5.32 Å². The quantitative estimate of drug-likeness (QED) is 0.608. The van der Waals surface area contributed by atoms with Gasteiger partial charge < -0.3 is 9.47 Å². The van der Waals surface area contributed by atoms with E-state index in [9.17, 15) is 0 Å². The molecule has 1 fully saturated rings. The predicted molar refractivity (Wildman–Crippen MR) is 38.8 cm³/mol. The summed E-state index contributed by atoms with van der Waals surface area (Å²) < 4.78 is 10.4. The highest BCUT2D eigenvalue weighted by atomic mass is 16.5. The molecule has 1 N–H and O–H groups in total. The molecule has 1 saturated heterocycles. The predicted octanol–water partition coefficient (Wildman–Crippen LogP) is 0.357. The molecular weight excluding hydrogens is 130 g/mol. The molecule has 0 aromatic carbocycles. The molecule has 2 atom stereocenters. The molecule has 0 bridgehead atoms. The van der Waals surface area contributed by atoms with Crippen LogP contribution in [0, 0.1) is 0 Å². The van der Waals surface area contributed by atoms with Gasteiger partial charge >= 0.3 is 0 Å². The molecule has 2 unspecified atom stereocenters. The summed E-state index contributed by atoms with van der Waals surface area (Å²) >= 11 is 0. The third-order valence-electron chi connectivity index (χ3n) is 1.91. The van der Waals surface area contributed by atoms with Crippen LogP contribution in [0.15, 0.2) is 0 Å². The summed E-state index contributed by atoms with van der Waals surface area (Å²) in [5.74, 6) is 0. The van der Waals surface area contributed by atoms with Gasteiger partial charge in [0.05, 0.1) is 6.10 Å². The van der Waals surface area contributed by atoms with Gasteiger partial charge in [-0.1, -0.05) is 0 Å².